The summed E-state index contributed by atoms with van der Waals surface area (Å²) in [7, 11) is 0. The average molecular weight is 327 g/mol. The van der Waals surface area contributed by atoms with Crippen molar-refractivity contribution in [3.8, 4) is 0 Å². The number of benzene rings is 1. The lowest BCUT2D eigenvalue weighted by molar-refractivity contribution is -0.137. The molecule has 1 aromatic rings. The molecule has 2 heterocycles. The molecule has 0 aliphatic carbocycles. The fourth-order valence-electron chi connectivity index (χ4n) is 3.41. The Kier molecular flexibility index (Phi) is 4.71. The van der Waals surface area contributed by atoms with Gasteiger partial charge in [0.15, 0.2) is 0 Å². The molecule has 2 amide bonds. The van der Waals surface area contributed by atoms with E-state index in [1.807, 2.05) is 38.1 Å². The quantitative estimate of drug-likeness (QED) is 0.790. The van der Waals surface area contributed by atoms with Gasteiger partial charge < -0.3 is 9.80 Å². The summed E-state index contributed by atoms with van der Waals surface area (Å²) < 4.78 is 0. The van der Waals surface area contributed by atoms with Gasteiger partial charge in [0.05, 0.1) is 5.57 Å². The van der Waals surface area contributed by atoms with Gasteiger partial charge in [-0.3, -0.25) is 14.5 Å². The van der Waals surface area contributed by atoms with Crippen LogP contribution in [0, 0.1) is 6.92 Å². The van der Waals surface area contributed by atoms with Crippen LogP contribution in [0.5, 0.6) is 0 Å². The van der Waals surface area contributed by atoms with Crippen LogP contribution in [0.4, 0.5) is 0 Å². The first-order valence-corrected chi connectivity index (χ1v) is 8.71. The van der Waals surface area contributed by atoms with E-state index in [1.54, 1.807) is 0 Å². The van der Waals surface area contributed by atoms with E-state index < -0.39 is 0 Å². The van der Waals surface area contributed by atoms with Crippen molar-refractivity contribution in [2.75, 3.05) is 39.3 Å². The third kappa shape index (κ3) is 2.84. The highest BCUT2D eigenvalue weighted by Gasteiger charge is 2.41. The van der Waals surface area contributed by atoms with E-state index in [0.29, 0.717) is 17.8 Å². The molecular weight excluding hydrogens is 302 g/mol. The zero-order chi connectivity index (χ0) is 17.3. The maximum atomic E-state index is 12.8. The Labute approximate surface area is 143 Å². The van der Waals surface area contributed by atoms with Gasteiger partial charge in [-0.25, -0.2) is 0 Å². The molecule has 2 aliphatic heterocycles. The van der Waals surface area contributed by atoms with Gasteiger partial charge in [-0.05, 0) is 26.0 Å². The van der Waals surface area contributed by atoms with Gasteiger partial charge in [0, 0.05) is 32.7 Å². The van der Waals surface area contributed by atoms with Crippen molar-refractivity contribution < 1.29 is 9.59 Å². The summed E-state index contributed by atoms with van der Waals surface area (Å²) in [5, 5.41) is 0. The van der Waals surface area contributed by atoms with Gasteiger partial charge in [0.25, 0.3) is 11.8 Å². The molecule has 24 heavy (non-hydrogen) atoms. The topological polar surface area (TPSA) is 43.9 Å². The van der Waals surface area contributed by atoms with Crippen molar-refractivity contribution in [1.82, 2.24) is 14.7 Å². The molecule has 0 spiro atoms. The predicted octanol–water partition coefficient (Wildman–Crippen LogP) is 1.73. The second kappa shape index (κ2) is 6.77. The van der Waals surface area contributed by atoms with E-state index in [4.69, 9.17) is 0 Å². The largest absolute Gasteiger partial charge is 0.364 e. The fourth-order valence-corrected chi connectivity index (χ4v) is 3.41. The van der Waals surface area contributed by atoms with Gasteiger partial charge >= 0.3 is 0 Å². The minimum absolute atomic E-state index is 0.150. The molecule has 5 nitrogen and oxygen atoms in total. The van der Waals surface area contributed by atoms with E-state index >= 15 is 0 Å². The highest BCUT2D eigenvalue weighted by atomic mass is 16.2. The first-order chi connectivity index (χ1) is 11.6. The number of hydrogen-bond acceptors (Lipinski definition) is 4. The standard InChI is InChI=1S/C19H25N3O2/c1-4-20-10-12-21(13-11-20)17-16(15-8-6-14(3)7-9-15)18(23)22(5-2)19(17)24/h6-9H,4-5,10-13H2,1-3H3. The monoisotopic (exact) mass is 327 g/mol. The van der Waals surface area contributed by atoms with Crippen molar-refractivity contribution >= 4 is 17.4 Å². The lowest BCUT2D eigenvalue weighted by Gasteiger charge is -2.35. The maximum Gasteiger partial charge on any atom is 0.277 e. The van der Waals surface area contributed by atoms with E-state index in [-0.39, 0.29) is 11.8 Å². The number of imide groups is 1. The zero-order valence-electron chi connectivity index (χ0n) is 14.7. The molecular formula is C19H25N3O2. The molecule has 0 atom stereocenters. The summed E-state index contributed by atoms with van der Waals surface area (Å²) >= 11 is 0. The molecule has 0 radical (unpaired) electrons. The molecule has 5 heteroatoms. The van der Waals surface area contributed by atoms with Gasteiger partial charge in [-0.15, -0.1) is 0 Å². The maximum absolute atomic E-state index is 12.8. The summed E-state index contributed by atoms with van der Waals surface area (Å²) in [6.07, 6.45) is 0. The number of rotatable bonds is 4. The van der Waals surface area contributed by atoms with Gasteiger partial charge in [0.2, 0.25) is 0 Å². The third-order valence-electron chi connectivity index (χ3n) is 4.94. The Morgan fingerprint density at radius 2 is 1.50 bits per heavy atom. The average Bonchev–Trinajstić information content (AvgIpc) is 2.86. The van der Waals surface area contributed by atoms with Crippen LogP contribution in [-0.4, -0.2) is 65.8 Å². The highest BCUT2D eigenvalue weighted by Crippen LogP contribution is 2.32. The molecule has 128 valence electrons. The lowest BCUT2D eigenvalue weighted by atomic mass is 10.0. The SMILES string of the molecule is CCN1CCN(C2=C(c3ccc(C)cc3)C(=O)N(CC)C2=O)CC1. The Balaban J connectivity index is 2.00. The van der Waals surface area contributed by atoms with Crippen molar-refractivity contribution in [2.45, 2.75) is 20.8 Å². The summed E-state index contributed by atoms with van der Waals surface area (Å²) in [4.78, 5) is 31.5. The third-order valence-corrected chi connectivity index (χ3v) is 4.94. The smallest absolute Gasteiger partial charge is 0.277 e. The van der Waals surface area contributed by atoms with Gasteiger partial charge in [-0.1, -0.05) is 36.8 Å². The van der Waals surface area contributed by atoms with Gasteiger partial charge in [0.1, 0.15) is 5.70 Å². The second-order valence-electron chi connectivity index (χ2n) is 6.37. The van der Waals surface area contributed by atoms with Crippen LogP contribution in [0.25, 0.3) is 5.57 Å². The van der Waals surface area contributed by atoms with Crippen LogP contribution in [0.2, 0.25) is 0 Å². The Bertz CT molecular complexity index is 670. The van der Waals surface area contributed by atoms with Crippen molar-refractivity contribution in [3.05, 3.63) is 41.1 Å². The first-order valence-electron chi connectivity index (χ1n) is 8.71. The van der Waals surface area contributed by atoms with Crippen LogP contribution in [0.3, 0.4) is 0 Å². The van der Waals surface area contributed by atoms with E-state index in [0.717, 1.165) is 43.9 Å². The van der Waals surface area contributed by atoms with Crippen molar-refractivity contribution in [2.24, 2.45) is 0 Å². The van der Waals surface area contributed by atoms with Crippen LogP contribution in [-0.2, 0) is 9.59 Å². The first kappa shape index (κ1) is 16.7. The zero-order valence-corrected chi connectivity index (χ0v) is 14.7. The highest BCUT2D eigenvalue weighted by molar-refractivity contribution is 6.35. The summed E-state index contributed by atoms with van der Waals surface area (Å²) in [6, 6.07) is 7.86. The normalized spacial score (nSPS) is 19.6. The molecule has 3 rings (SSSR count). The lowest BCUT2D eigenvalue weighted by Crippen LogP contribution is -2.47. The Hall–Kier alpha value is -2.14. The van der Waals surface area contributed by atoms with Crippen LogP contribution < -0.4 is 0 Å². The van der Waals surface area contributed by atoms with E-state index in [1.165, 1.54) is 4.90 Å². The molecule has 0 unspecified atom stereocenters. The molecule has 1 fully saturated rings. The molecule has 0 bridgehead atoms. The predicted molar refractivity (Wildman–Crippen MR) is 94.2 cm³/mol. The summed E-state index contributed by atoms with van der Waals surface area (Å²) in [5.41, 5.74) is 3.12. The Morgan fingerprint density at radius 1 is 0.875 bits per heavy atom. The van der Waals surface area contributed by atoms with E-state index in [2.05, 4.69) is 16.7 Å². The minimum Gasteiger partial charge on any atom is -0.364 e. The molecule has 1 saturated heterocycles. The second-order valence-corrected chi connectivity index (χ2v) is 6.37. The number of likely N-dealkylation sites (N-methyl/N-ethyl adjacent to an activating group) is 2. The summed E-state index contributed by atoms with van der Waals surface area (Å²) in [6.45, 7) is 10.9. The van der Waals surface area contributed by atoms with Crippen molar-refractivity contribution in [1.29, 1.82) is 0 Å². The number of piperazine rings is 1. The number of hydrogen-bond donors (Lipinski definition) is 0. The van der Waals surface area contributed by atoms with E-state index in [9.17, 15) is 9.59 Å². The van der Waals surface area contributed by atoms with Crippen molar-refractivity contribution in [3.63, 3.8) is 0 Å². The Morgan fingerprint density at radius 3 is 2.04 bits per heavy atom. The molecule has 0 N–H and O–H groups in total. The van der Waals surface area contributed by atoms with Crippen LogP contribution >= 0.6 is 0 Å². The minimum atomic E-state index is -0.167. The number of carbonyl (C=O) groups is 2. The van der Waals surface area contributed by atoms with Crippen LogP contribution in [0.15, 0.2) is 30.0 Å². The molecule has 0 saturated carbocycles. The van der Waals surface area contributed by atoms with Crippen LogP contribution in [0.1, 0.15) is 25.0 Å². The molecule has 2 aliphatic rings. The number of amides is 2. The molecule has 1 aromatic carbocycles. The van der Waals surface area contributed by atoms with Gasteiger partial charge in [-0.2, -0.15) is 0 Å². The number of nitrogens with zero attached hydrogens (tertiary/aromatic N) is 3. The fraction of sp³-hybridized carbons (Fsp3) is 0.474. The summed E-state index contributed by atoms with van der Waals surface area (Å²) in [5.74, 6) is -0.317. The number of carbonyl (C=O) groups excluding carboxylic acids is 2. The molecule has 0 aromatic heterocycles. The number of aryl methyl sites for hydroxylation is 1.